The van der Waals surface area contributed by atoms with Gasteiger partial charge < -0.3 is 9.80 Å². The molecular weight excluding hydrogens is 263 g/mol. The zero-order valence-corrected chi connectivity index (χ0v) is 12.5. The van der Waals surface area contributed by atoms with Crippen molar-refractivity contribution in [2.45, 2.75) is 31.7 Å². The topological polar surface area (TPSA) is 6.48 Å². The second-order valence-electron chi connectivity index (χ2n) is 5.24. The van der Waals surface area contributed by atoms with Gasteiger partial charge in [-0.3, -0.25) is 0 Å². The smallest absolute Gasteiger partial charge is 0.129 e. The summed E-state index contributed by atoms with van der Waals surface area (Å²) in [5.74, 6) is 0.0325. The van der Waals surface area contributed by atoms with Gasteiger partial charge in [-0.1, -0.05) is 13.0 Å². The predicted molar refractivity (Wildman–Crippen MR) is 79.5 cm³/mol. The van der Waals surface area contributed by atoms with Crippen LogP contribution in [0.3, 0.4) is 0 Å². The third-order valence-corrected chi connectivity index (χ3v) is 4.18. The number of alkyl halides is 1. The average molecular weight is 285 g/mol. The van der Waals surface area contributed by atoms with E-state index >= 15 is 0 Å². The minimum absolute atomic E-state index is 0.194. The van der Waals surface area contributed by atoms with Crippen LogP contribution < -0.4 is 4.90 Å². The minimum Gasteiger partial charge on any atom is -0.367 e. The molecule has 106 valence electrons. The Morgan fingerprint density at radius 3 is 2.84 bits per heavy atom. The van der Waals surface area contributed by atoms with Crippen LogP contribution in [-0.2, 0) is 5.88 Å². The van der Waals surface area contributed by atoms with E-state index in [1.807, 2.05) is 6.07 Å². The van der Waals surface area contributed by atoms with Gasteiger partial charge in [0.05, 0.1) is 5.88 Å². The number of hydrogen-bond donors (Lipinski definition) is 0. The summed E-state index contributed by atoms with van der Waals surface area (Å²) in [7, 11) is 2.15. The molecule has 0 N–H and O–H groups in total. The Morgan fingerprint density at radius 1 is 1.37 bits per heavy atom. The first-order valence-corrected chi connectivity index (χ1v) is 7.49. The Morgan fingerprint density at radius 2 is 2.16 bits per heavy atom. The maximum Gasteiger partial charge on any atom is 0.129 e. The maximum absolute atomic E-state index is 13.9. The van der Waals surface area contributed by atoms with E-state index in [1.165, 1.54) is 6.07 Å². The van der Waals surface area contributed by atoms with E-state index in [4.69, 9.17) is 11.6 Å². The monoisotopic (exact) mass is 284 g/mol. The van der Waals surface area contributed by atoms with Gasteiger partial charge in [-0.25, -0.2) is 4.39 Å². The van der Waals surface area contributed by atoms with Gasteiger partial charge in [-0.05, 0) is 38.6 Å². The lowest BCUT2D eigenvalue weighted by atomic mass is 10.1. The van der Waals surface area contributed by atoms with Crippen molar-refractivity contribution in [2.75, 3.05) is 31.6 Å². The second kappa shape index (κ2) is 6.58. The predicted octanol–water partition coefficient (Wildman–Crippen LogP) is 3.49. The highest BCUT2D eigenvalue weighted by Crippen LogP contribution is 2.28. The highest BCUT2D eigenvalue weighted by atomic mass is 35.5. The van der Waals surface area contributed by atoms with E-state index in [1.54, 1.807) is 6.07 Å². The minimum atomic E-state index is -0.194. The van der Waals surface area contributed by atoms with E-state index in [9.17, 15) is 4.39 Å². The summed E-state index contributed by atoms with van der Waals surface area (Å²) in [6.45, 7) is 5.28. The first kappa shape index (κ1) is 14.6. The zero-order chi connectivity index (χ0) is 13.8. The lowest BCUT2D eigenvalue weighted by Crippen LogP contribution is -2.40. The van der Waals surface area contributed by atoms with Crippen LogP contribution in [0.5, 0.6) is 0 Å². The molecule has 1 aliphatic heterocycles. The van der Waals surface area contributed by atoms with Gasteiger partial charge in [0, 0.05) is 30.4 Å². The van der Waals surface area contributed by atoms with Crippen molar-refractivity contribution >= 4 is 17.3 Å². The molecule has 0 spiro atoms. The molecule has 1 atom stereocenters. The van der Waals surface area contributed by atoms with Gasteiger partial charge in [0.1, 0.15) is 5.82 Å². The SMILES string of the molecule is CCC1CN(C)CCCN1c1cccc(F)c1CCl. The van der Waals surface area contributed by atoms with E-state index in [0.29, 0.717) is 11.6 Å². The van der Waals surface area contributed by atoms with Gasteiger partial charge in [-0.15, -0.1) is 11.6 Å². The molecule has 0 radical (unpaired) electrons. The Hall–Kier alpha value is -0.800. The lowest BCUT2D eigenvalue weighted by Gasteiger charge is -2.33. The molecule has 4 heteroatoms. The number of anilines is 1. The van der Waals surface area contributed by atoms with Crippen molar-refractivity contribution < 1.29 is 4.39 Å². The highest BCUT2D eigenvalue weighted by Gasteiger charge is 2.24. The van der Waals surface area contributed by atoms with Crippen LogP contribution >= 0.6 is 11.6 Å². The van der Waals surface area contributed by atoms with Gasteiger partial charge >= 0.3 is 0 Å². The van der Waals surface area contributed by atoms with Gasteiger partial charge in [0.15, 0.2) is 0 Å². The summed E-state index contributed by atoms with van der Waals surface area (Å²) in [5.41, 5.74) is 1.60. The first-order chi connectivity index (χ1) is 9.17. The molecule has 0 bridgehead atoms. The zero-order valence-electron chi connectivity index (χ0n) is 11.7. The van der Waals surface area contributed by atoms with E-state index < -0.39 is 0 Å². The van der Waals surface area contributed by atoms with Crippen LogP contribution in [0.1, 0.15) is 25.3 Å². The average Bonchev–Trinajstić information content (AvgIpc) is 2.59. The second-order valence-corrected chi connectivity index (χ2v) is 5.51. The summed E-state index contributed by atoms with van der Waals surface area (Å²) in [6, 6.07) is 5.69. The molecule has 19 heavy (non-hydrogen) atoms. The van der Waals surface area contributed by atoms with E-state index in [2.05, 4.69) is 23.8 Å². The van der Waals surface area contributed by atoms with Gasteiger partial charge in [0.2, 0.25) is 0 Å². The van der Waals surface area contributed by atoms with Crippen LogP contribution in [-0.4, -0.2) is 37.6 Å². The number of hydrogen-bond acceptors (Lipinski definition) is 2. The van der Waals surface area contributed by atoms with Gasteiger partial charge in [-0.2, -0.15) is 0 Å². The molecule has 1 aromatic rings. The highest BCUT2D eigenvalue weighted by molar-refractivity contribution is 6.17. The first-order valence-electron chi connectivity index (χ1n) is 6.96. The Balaban J connectivity index is 2.35. The quantitative estimate of drug-likeness (QED) is 0.784. The summed E-state index contributed by atoms with van der Waals surface area (Å²) in [5, 5.41) is 0. The molecule has 0 aliphatic carbocycles. The molecule has 2 nitrogen and oxygen atoms in total. The van der Waals surface area contributed by atoms with E-state index in [0.717, 1.165) is 38.2 Å². The van der Waals surface area contributed by atoms with Crippen LogP contribution in [0.4, 0.5) is 10.1 Å². The molecular formula is C15H22ClFN2. The molecule has 1 saturated heterocycles. The number of benzene rings is 1. The summed E-state index contributed by atoms with van der Waals surface area (Å²) in [4.78, 5) is 4.69. The molecule has 1 fully saturated rings. The molecule has 1 unspecified atom stereocenters. The third kappa shape index (κ3) is 3.21. The van der Waals surface area contributed by atoms with Crippen molar-refractivity contribution in [1.82, 2.24) is 4.90 Å². The Kier molecular flexibility index (Phi) is 5.06. The van der Waals surface area contributed by atoms with Crippen molar-refractivity contribution in [3.8, 4) is 0 Å². The van der Waals surface area contributed by atoms with Crippen LogP contribution in [0, 0.1) is 5.82 Å². The molecule has 1 aliphatic rings. The number of nitrogens with zero attached hydrogens (tertiary/aromatic N) is 2. The molecule has 0 amide bonds. The fourth-order valence-electron chi connectivity index (χ4n) is 2.86. The number of halogens is 2. The van der Waals surface area contributed by atoms with Crippen LogP contribution in [0.15, 0.2) is 18.2 Å². The largest absolute Gasteiger partial charge is 0.367 e. The molecule has 0 aromatic heterocycles. The normalized spacial score (nSPS) is 21.5. The molecule has 0 saturated carbocycles. The van der Waals surface area contributed by atoms with Crippen LogP contribution in [0.2, 0.25) is 0 Å². The van der Waals surface area contributed by atoms with E-state index in [-0.39, 0.29) is 11.7 Å². The van der Waals surface area contributed by atoms with Crippen molar-refractivity contribution in [3.63, 3.8) is 0 Å². The summed E-state index contributed by atoms with van der Waals surface area (Å²) >= 11 is 5.94. The van der Waals surface area contributed by atoms with Crippen LogP contribution in [0.25, 0.3) is 0 Å². The molecule has 2 rings (SSSR count). The maximum atomic E-state index is 13.9. The van der Waals surface area contributed by atoms with Gasteiger partial charge in [0.25, 0.3) is 0 Å². The Labute approximate surface area is 120 Å². The summed E-state index contributed by atoms with van der Waals surface area (Å²) < 4.78 is 13.9. The van der Waals surface area contributed by atoms with Crippen molar-refractivity contribution in [1.29, 1.82) is 0 Å². The lowest BCUT2D eigenvalue weighted by molar-refractivity contribution is 0.328. The fourth-order valence-corrected chi connectivity index (χ4v) is 3.12. The van der Waals surface area contributed by atoms with Crippen molar-refractivity contribution in [3.05, 3.63) is 29.6 Å². The fraction of sp³-hybridized carbons (Fsp3) is 0.600. The standard InChI is InChI=1S/C15H22ClFN2/c1-3-12-11-18(2)8-5-9-19(12)15-7-4-6-14(17)13(15)10-16/h4,6-7,12H,3,5,8-11H2,1-2H3. The third-order valence-electron chi connectivity index (χ3n) is 3.91. The number of likely N-dealkylation sites (N-methyl/N-ethyl adjacent to an activating group) is 1. The van der Waals surface area contributed by atoms with Crippen molar-refractivity contribution in [2.24, 2.45) is 0 Å². The molecule has 1 aromatic carbocycles. The summed E-state index contributed by atoms with van der Waals surface area (Å²) in [6.07, 6.45) is 2.16. The number of rotatable bonds is 3. The molecule has 1 heterocycles. The Bertz CT molecular complexity index is 425.